The van der Waals surface area contributed by atoms with Crippen LogP contribution in [0.25, 0.3) is 0 Å². The van der Waals surface area contributed by atoms with Crippen molar-refractivity contribution in [3.63, 3.8) is 0 Å². The summed E-state index contributed by atoms with van der Waals surface area (Å²) < 4.78 is 33.4. The van der Waals surface area contributed by atoms with Crippen LogP contribution in [0.5, 0.6) is 23.0 Å². The molecule has 230 valence electrons. The Labute approximate surface area is 240 Å². The third-order valence-corrected chi connectivity index (χ3v) is 7.62. The number of ether oxygens (including phenoxy) is 6. The van der Waals surface area contributed by atoms with Crippen molar-refractivity contribution in [2.24, 2.45) is 0 Å². The maximum absolute atomic E-state index is 12.8. The number of aliphatic hydroxyl groups is 6. The Kier molecular flexibility index (Phi) is 8.89. The van der Waals surface area contributed by atoms with Gasteiger partial charge in [-0.05, 0) is 36.8 Å². The predicted molar refractivity (Wildman–Crippen MR) is 139 cm³/mol. The van der Waals surface area contributed by atoms with E-state index >= 15 is 0 Å². The molecule has 14 heteroatoms. The molecule has 0 aliphatic carbocycles. The summed E-state index contributed by atoms with van der Waals surface area (Å²) in [6, 6.07) is 9.01. The fraction of sp³-hybridized carbons (Fsp3) is 0.536. The molecule has 7 N–H and O–H groups in total. The van der Waals surface area contributed by atoms with Gasteiger partial charge in [-0.3, -0.25) is 4.79 Å². The normalized spacial score (nSPS) is 36.6. The van der Waals surface area contributed by atoms with E-state index in [0.29, 0.717) is 11.1 Å². The van der Waals surface area contributed by atoms with E-state index in [9.17, 15) is 40.5 Å². The Morgan fingerprint density at radius 3 is 2.29 bits per heavy atom. The van der Waals surface area contributed by atoms with Crippen molar-refractivity contribution in [1.82, 2.24) is 0 Å². The Bertz CT molecular complexity index is 1270. The number of fused-ring (bicyclic) bond motifs is 1. The highest BCUT2D eigenvalue weighted by molar-refractivity contribution is 6.00. The Balaban J connectivity index is 1.27. The van der Waals surface area contributed by atoms with E-state index in [1.807, 2.05) is 0 Å². The molecule has 5 rings (SSSR count). The smallest absolute Gasteiger partial charge is 0.231 e. The third kappa shape index (κ3) is 5.90. The summed E-state index contributed by atoms with van der Waals surface area (Å²) in [5.41, 5.74) is 0.843. The molecule has 2 fully saturated rings. The number of Topliss-reactive ketones (excluding diaryl/α,β-unsaturated/α-hetero) is 1. The van der Waals surface area contributed by atoms with E-state index in [1.165, 1.54) is 38.3 Å². The van der Waals surface area contributed by atoms with E-state index in [4.69, 9.17) is 28.4 Å². The molecule has 2 aromatic carbocycles. The van der Waals surface area contributed by atoms with Gasteiger partial charge < -0.3 is 64.2 Å². The maximum Gasteiger partial charge on any atom is 0.231 e. The van der Waals surface area contributed by atoms with Crippen molar-refractivity contribution in [2.75, 3.05) is 13.7 Å². The fourth-order valence-electron chi connectivity index (χ4n) is 5.12. The number of benzene rings is 2. The first-order valence-corrected chi connectivity index (χ1v) is 13.4. The number of hydrogen-bond donors (Lipinski definition) is 7. The minimum absolute atomic E-state index is 0.0285. The minimum atomic E-state index is -1.75. The monoisotopic (exact) mass is 594 g/mol. The number of carbonyl (C=O) groups excluding carboxylic acids is 1. The van der Waals surface area contributed by atoms with Crippen molar-refractivity contribution in [3.05, 3.63) is 47.5 Å². The van der Waals surface area contributed by atoms with Crippen LogP contribution in [0.15, 0.2) is 36.4 Å². The molecule has 3 aliphatic heterocycles. The Morgan fingerprint density at radius 2 is 1.57 bits per heavy atom. The lowest BCUT2D eigenvalue weighted by atomic mass is 9.96. The second-order valence-electron chi connectivity index (χ2n) is 10.5. The second kappa shape index (κ2) is 12.3. The average molecular weight is 595 g/mol. The van der Waals surface area contributed by atoms with E-state index in [2.05, 4.69) is 0 Å². The van der Waals surface area contributed by atoms with Gasteiger partial charge in [-0.25, -0.2) is 0 Å². The zero-order valence-corrected chi connectivity index (χ0v) is 22.7. The minimum Gasteiger partial charge on any atom is -0.504 e. The van der Waals surface area contributed by atoms with Crippen molar-refractivity contribution in [2.45, 2.75) is 80.9 Å². The first kappa shape index (κ1) is 30.4. The molecule has 0 radical (unpaired) electrons. The molecule has 2 saturated heterocycles. The largest absolute Gasteiger partial charge is 0.504 e. The lowest BCUT2D eigenvalue weighted by Gasteiger charge is -2.42. The van der Waals surface area contributed by atoms with Crippen LogP contribution in [0, 0.1) is 0 Å². The van der Waals surface area contributed by atoms with E-state index in [0.717, 1.165) is 0 Å². The molecule has 0 spiro atoms. The Hall–Kier alpha value is -3.05. The van der Waals surface area contributed by atoms with Gasteiger partial charge in [-0.2, -0.15) is 0 Å². The molecule has 2 aromatic rings. The van der Waals surface area contributed by atoms with Gasteiger partial charge in [0.25, 0.3) is 0 Å². The maximum atomic E-state index is 12.8. The predicted octanol–water partition coefficient (Wildman–Crippen LogP) is -0.862. The van der Waals surface area contributed by atoms with Gasteiger partial charge in [0.2, 0.25) is 6.29 Å². The van der Waals surface area contributed by atoms with Gasteiger partial charge in [0.15, 0.2) is 23.6 Å². The highest BCUT2D eigenvalue weighted by Crippen LogP contribution is 2.39. The Morgan fingerprint density at radius 1 is 0.857 bits per heavy atom. The number of carbonyl (C=O) groups is 1. The number of rotatable bonds is 7. The molecule has 0 amide bonds. The van der Waals surface area contributed by atoms with Crippen LogP contribution in [0.4, 0.5) is 0 Å². The molecule has 0 aromatic heterocycles. The summed E-state index contributed by atoms with van der Waals surface area (Å²) in [6.45, 7) is 1.10. The van der Waals surface area contributed by atoms with Crippen molar-refractivity contribution in [1.29, 1.82) is 0 Å². The van der Waals surface area contributed by atoms with Crippen molar-refractivity contribution >= 4 is 5.78 Å². The molecule has 11 atom stereocenters. The average Bonchev–Trinajstić information content (AvgIpc) is 2.97. The van der Waals surface area contributed by atoms with Crippen molar-refractivity contribution < 1.29 is 69.0 Å². The van der Waals surface area contributed by atoms with Crippen LogP contribution in [0.1, 0.15) is 35.4 Å². The topological polar surface area (TPSA) is 214 Å². The highest BCUT2D eigenvalue weighted by atomic mass is 16.8. The van der Waals surface area contributed by atoms with Gasteiger partial charge in [-0.1, -0.05) is 6.07 Å². The number of ketones is 1. The van der Waals surface area contributed by atoms with Crippen LogP contribution in [-0.4, -0.2) is 117 Å². The van der Waals surface area contributed by atoms with Crippen LogP contribution in [0.3, 0.4) is 0 Å². The summed E-state index contributed by atoms with van der Waals surface area (Å²) in [7, 11) is 1.42. The fourth-order valence-corrected chi connectivity index (χ4v) is 5.12. The van der Waals surface area contributed by atoms with E-state index in [-0.39, 0.29) is 35.2 Å². The lowest BCUT2D eigenvalue weighted by Crippen LogP contribution is -2.61. The second-order valence-corrected chi connectivity index (χ2v) is 10.5. The summed E-state index contributed by atoms with van der Waals surface area (Å²) in [4.78, 5) is 12.8. The number of phenols is 1. The van der Waals surface area contributed by atoms with Gasteiger partial charge >= 0.3 is 0 Å². The molecule has 0 bridgehead atoms. The van der Waals surface area contributed by atoms with Gasteiger partial charge in [0, 0.05) is 6.07 Å². The summed E-state index contributed by atoms with van der Waals surface area (Å²) in [6.07, 6.45) is -15.1. The molecule has 14 nitrogen and oxygen atoms in total. The number of hydrogen-bond acceptors (Lipinski definition) is 14. The first-order chi connectivity index (χ1) is 20.0. The molecular weight excluding hydrogens is 560 g/mol. The molecule has 3 aliphatic rings. The number of phenolic OH excluding ortho intramolecular Hbond substituents is 1. The molecule has 3 heterocycles. The standard InChI is InChI=1S/C28H34O14/c1-11-21(31)23(33)22(32)20(39-11)10-38-27-25(35)24(34)26(36)28(42-27)40-13-4-5-14-15(29)9-18(41-19(14)8-13)12-3-6-17(37-2)16(30)7-12/h3-8,11,18,20-28,30-36H,9-10H2,1-2H3/t11-,18+,20-,21-,22-,23+,24+,25+,26-,27+,28-/m1/s1. The van der Waals surface area contributed by atoms with Gasteiger partial charge in [0.1, 0.15) is 60.3 Å². The van der Waals surface area contributed by atoms with Gasteiger partial charge in [0.05, 0.1) is 31.8 Å². The summed E-state index contributed by atoms with van der Waals surface area (Å²) in [5, 5.41) is 71.6. The lowest BCUT2D eigenvalue weighted by molar-refractivity contribution is -0.340. The molecular formula is C28H34O14. The SMILES string of the molecule is COc1ccc([C@@H]2CC(=O)c3ccc(O[C@@H]4O[C@H](OC[C@H]5O[C@H](C)[C@@H](O)[C@H](O)[C@@H]5O)[C@@H](O)[C@H](O)[C@H]4O)cc3O2)cc1O. The molecule has 0 unspecified atom stereocenters. The van der Waals surface area contributed by atoms with Crippen LogP contribution >= 0.6 is 0 Å². The number of methoxy groups -OCH3 is 1. The molecule has 0 saturated carbocycles. The van der Waals surface area contributed by atoms with Gasteiger partial charge in [-0.15, -0.1) is 0 Å². The van der Waals surface area contributed by atoms with Crippen LogP contribution < -0.4 is 14.2 Å². The first-order valence-electron chi connectivity index (χ1n) is 13.4. The summed E-state index contributed by atoms with van der Waals surface area (Å²) in [5.74, 6) is 0.237. The van der Waals surface area contributed by atoms with Crippen LogP contribution in [-0.2, 0) is 14.2 Å². The zero-order valence-electron chi connectivity index (χ0n) is 22.7. The summed E-state index contributed by atoms with van der Waals surface area (Å²) >= 11 is 0. The van der Waals surface area contributed by atoms with E-state index in [1.54, 1.807) is 12.1 Å². The number of aromatic hydroxyl groups is 1. The third-order valence-electron chi connectivity index (χ3n) is 7.62. The molecule has 42 heavy (non-hydrogen) atoms. The highest BCUT2D eigenvalue weighted by Gasteiger charge is 2.47. The van der Waals surface area contributed by atoms with Crippen LogP contribution in [0.2, 0.25) is 0 Å². The zero-order chi connectivity index (χ0) is 30.3. The number of aliphatic hydroxyl groups excluding tert-OH is 6. The van der Waals surface area contributed by atoms with Crippen molar-refractivity contribution in [3.8, 4) is 23.0 Å². The quantitative estimate of drug-likeness (QED) is 0.208. The van der Waals surface area contributed by atoms with E-state index < -0.39 is 74.1 Å².